The molecule has 30 heavy (non-hydrogen) atoms. The summed E-state index contributed by atoms with van der Waals surface area (Å²) < 4.78 is 2.02. The van der Waals surface area contributed by atoms with Crippen molar-refractivity contribution in [1.82, 2.24) is 4.57 Å². The van der Waals surface area contributed by atoms with Gasteiger partial charge in [-0.15, -0.1) is 0 Å². The fraction of sp³-hybridized carbons (Fsp3) is 0.0909. The van der Waals surface area contributed by atoms with Gasteiger partial charge in [-0.25, -0.2) is 0 Å². The second-order valence-electron chi connectivity index (χ2n) is 6.54. The van der Waals surface area contributed by atoms with Crippen molar-refractivity contribution in [2.45, 2.75) is 13.8 Å². The molecule has 2 aromatic carbocycles. The molecule has 0 spiro atoms. The van der Waals surface area contributed by atoms with Gasteiger partial charge in [0.1, 0.15) is 11.6 Å². The highest BCUT2D eigenvalue weighted by molar-refractivity contribution is 6.34. The molecule has 150 valence electrons. The third-order valence-electron chi connectivity index (χ3n) is 4.56. The van der Waals surface area contributed by atoms with E-state index >= 15 is 0 Å². The highest BCUT2D eigenvalue weighted by Gasteiger charge is 2.17. The number of carbonyl (C=O) groups excluding carboxylic acids is 1. The Balaban J connectivity index is 1.94. The fourth-order valence-electron chi connectivity index (χ4n) is 3.12. The molecule has 0 atom stereocenters. The number of halogens is 1. The molecule has 1 N–H and O–H groups in total. The summed E-state index contributed by atoms with van der Waals surface area (Å²) in [5.41, 5.74) is 3.20. The second-order valence-corrected chi connectivity index (χ2v) is 6.95. The summed E-state index contributed by atoms with van der Waals surface area (Å²) in [4.78, 5) is 23.0. The van der Waals surface area contributed by atoms with E-state index in [4.69, 9.17) is 11.6 Å². The van der Waals surface area contributed by atoms with Crippen LogP contribution in [0.2, 0.25) is 5.02 Å². The minimum absolute atomic E-state index is 0.0618. The third-order valence-corrected chi connectivity index (χ3v) is 4.89. The Kier molecular flexibility index (Phi) is 6.00. The first-order valence-corrected chi connectivity index (χ1v) is 9.31. The van der Waals surface area contributed by atoms with E-state index in [1.54, 1.807) is 0 Å². The standard InChI is InChI=1S/C22H17ClN4O3/c1-14-10-16(15(2)26(14)18-6-4-3-5-7-18)11-17(13-24)22(28)25-21-12-19(27(29)30)8-9-20(21)23/h3-12H,1-2H3,(H,25,28)/b17-11+. The van der Waals surface area contributed by atoms with E-state index in [9.17, 15) is 20.2 Å². The maximum Gasteiger partial charge on any atom is 0.271 e. The number of benzene rings is 2. The number of hydrogen-bond acceptors (Lipinski definition) is 4. The summed E-state index contributed by atoms with van der Waals surface area (Å²) >= 11 is 6.03. The molecule has 7 nitrogen and oxygen atoms in total. The van der Waals surface area contributed by atoms with Crippen LogP contribution in [0.5, 0.6) is 0 Å². The van der Waals surface area contributed by atoms with E-state index in [2.05, 4.69) is 5.32 Å². The fourth-order valence-corrected chi connectivity index (χ4v) is 3.29. The third kappa shape index (κ3) is 4.24. The number of non-ortho nitro benzene ring substituents is 1. The Hall–Kier alpha value is -3.89. The molecule has 3 aromatic rings. The highest BCUT2D eigenvalue weighted by atomic mass is 35.5. The number of carbonyl (C=O) groups is 1. The molecule has 0 aliphatic heterocycles. The number of aryl methyl sites for hydroxylation is 1. The van der Waals surface area contributed by atoms with E-state index < -0.39 is 10.8 Å². The molecule has 0 aliphatic rings. The molecule has 1 heterocycles. The summed E-state index contributed by atoms with van der Waals surface area (Å²) in [5.74, 6) is -0.704. The van der Waals surface area contributed by atoms with Crippen molar-refractivity contribution < 1.29 is 9.72 Å². The lowest BCUT2D eigenvalue weighted by Gasteiger charge is -2.09. The van der Waals surface area contributed by atoms with Crippen molar-refractivity contribution >= 4 is 35.0 Å². The Morgan fingerprint density at radius 3 is 2.53 bits per heavy atom. The van der Waals surface area contributed by atoms with Gasteiger partial charge in [-0.05, 0) is 49.8 Å². The van der Waals surface area contributed by atoms with Crippen LogP contribution in [-0.2, 0) is 4.79 Å². The zero-order valence-corrected chi connectivity index (χ0v) is 17.0. The minimum Gasteiger partial charge on any atom is -0.320 e. The molecule has 0 saturated heterocycles. The Labute approximate surface area is 178 Å². The molecule has 3 rings (SSSR count). The normalized spacial score (nSPS) is 11.1. The summed E-state index contributed by atoms with van der Waals surface area (Å²) in [6.45, 7) is 3.84. The number of nitro benzene ring substituents is 1. The highest BCUT2D eigenvalue weighted by Crippen LogP contribution is 2.28. The first-order chi connectivity index (χ1) is 14.3. The molecule has 0 aliphatic carbocycles. The van der Waals surface area contributed by atoms with E-state index in [-0.39, 0.29) is 22.0 Å². The van der Waals surface area contributed by atoms with Crippen LogP contribution in [0.3, 0.4) is 0 Å². The van der Waals surface area contributed by atoms with Gasteiger partial charge < -0.3 is 9.88 Å². The van der Waals surface area contributed by atoms with Crippen LogP contribution in [0, 0.1) is 35.3 Å². The van der Waals surface area contributed by atoms with Crippen LogP contribution < -0.4 is 5.32 Å². The lowest BCUT2D eigenvalue weighted by Crippen LogP contribution is -2.14. The lowest BCUT2D eigenvalue weighted by atomic mass is 10.1. The quantitative estimate of drug-likeness (QED) is 0.265. The van der Waals surface area contributed by atoms with Gasteiger partial charge in [0.15, 0.2) is 0 Å². The number of hydrogen-bond donors (Lipinski definition) is 1. The van der Waals surface area contributed by atoms with Crippen LogP contribution in [0.25, 0.3) is 11.8 Å². The topological polar surface area (TPSA) is 101 Å². The van der Waals surface area contributed by atoms with Crippen molar-refractivity contribution in [3.05, 3.63) is 92.3 Å². The zero-order valence-electron chi connectivity index (χ0n) is 16.2. The van der Waals surface area contributed by atoms with Gasteiger partial charge in [0, 0.05) is 29.2 Å². The molecular weight excluding hydrogens is 404 g/mol. The van der Waals surface area contributed by atoms with Gasteiger partial charge in [-0.1, -0.05) is 29.8 Å². The van der Waals surface area contributed by atoms with Gasteiger partial charge >= 0.3 is 0 Å². The number of anilines is 1. The molecule has 0 bridgehead atoms. The number of nitrogens with one attached hydrogen (secondary N) is 1. The number of para-hydroxylation sites is 1. The predicted octanol–water partition coefficient (Wildman–Crippen LogP) is 5.20. The number of aromatic nitrogens is 1. The Morgan fingerprint density at radius 2 is 1.90 bits per heavy atom. The molecule has 0 radical (unpaired) electrons. The minimum atomic E-state index is -0.704. The Bertz CT molecular complexity index is 1210. The van der Waals surface area contributed by atoms with Gasteiger partial charge in [0.05, 0.1) is 15.6 Å². The maximum atomic E-state index is 12.6. The lowest BCUT2D eigenvalue weighted by molar-refractivity contribution is -0.384. The van der Waals surface area contributed by atoms with Crippen LogP contribution in [0.1, 0.15) is 17.0 Å². The predicted molar refractivity (Wildman–Crippen MR) is 116 cm³/mol. The van der Waals surface area contributed by atoms with E-state index in [0.29, 0.717) is 5.56 Å². The molecule has 1 amide bonds. The number of nitrogens with zero attached hydrogens (tertiary/aromatic N) is 3. The van der Waals surface area contributed by atoms with E-state index in [1.165, 1.54) is 18.2 Å². The van der Waals surface area contributed by atoms with Crippen LogP contribution in [0.4, 0.5) is 11.4 Å². The van der Waals surface area contributed by atoms with Crippen molar-refractivity contribution in [2.75, 3.05) is 5.32 Å². The molecule has 0 saturated carbocycles. The summed E-state index contributed by atoms with van der Waals surface area (Å²) in [7, 11) is 0. The van der Waals surface area contributed by atoms with Crippen LogP contribution >= 0.6 is 11.6 Å². The summed E-state index contributed by atoms with van der Waals surface area (Å²) in [6.07, 6.45) is 1.49. The number of rotatable bonds is 5. The maximum absolute atomic E-state index is 12.6. The molecular formula is C22H17ClN4O3. The summed E-state index contributed by atoms with van der Waals surface area (Å²) in [5, 5.41) is 23.1. The second kappa shape index (κ2) is 8.64. The molecule has 1 aromatic heterocycles. The average molecular weight is 421 g/mol. The van der Waals surface area contributed by atoms with E-state index in [0.717, 1.165) is 23.1 Å². The van der Waals surface area contributed by atoms with Gasteiger partial charge in [0.2, 0.25) is 0 Å². The van der Waals surface area contributed by atoms with Gasteiger partial charge in [0.25, 0.3) is 11.6 Å². The van der Waals surface area contributed by atoms with Gasteiger partial charge in [-0.3, -0.25) is 14.9 Å². The van der Waals surface area contributed by atoms with Crippen molar-refractivity contribution in [3.63, 3.8) is 0 Å². The van der Waals surface area contributed by atoms with Crippen molar-refractivity contribution in [3.8, 4) is 11.8 Å². The molecule has 0 unspecified atom stereocenters. The van der Waals surface area contributed by atoms with Crippen molar-refractivity contribution in [1.29, 1.82) is 5.26 Å². The SMILES string of the molecule is Cc1cc(/C=C(\C#N)C(=O)Nc2cc([N+](=O)[O-])ccc2Cl)c(C)n1-c1ccccc1. The van der Waals surface area contributed by atoms with Crippen molar-refractivity contribution in [2.24, 2.45) is 0 Å². The number of nitro groups is 1. The Morgan fingerprint density at radius 1 is 1.20 bits per heavy atom. The monoisotopic (exact) mass is 420 g/mol. The average Bonchev–Trinajstić information content (AvgIpc) is 3.01. The van der Waals surface area contributed by atoms with Crippen LogP contribution in [0.15, 0.2) is 60.2 Å². The molecule has 8 heteroatoms. The smallest absolute Gasteiger partial charge is 0.271 e. The largest absolute Gasteiger partial charge is 0.320 e. The zero-order chi connectivity index (χ0) is 21.8. The number of nitriles is 1. The summed E-state index contributed by atoms with van der Waals surface area (Å²) in [6, 6.07) is 17.2. The van der Waals surface area contributed by atoms with E-state index in [1.807, 2.05) is 60.9 Å². The van der Waals surface area contributed by atoms with Crippen LogP contribution in [-0.4, -0.2) is 15.4 Å². The first-order valence-electron chi connectivity index (χ1n) is 8.93. The molecule has 0 fully saturated rings. The van der Waals surface area contributed by atoms with Gasteiger partial charge in [-0.2, -0.15) is 5.26 Å². The first kappa shape index (κ1) is 20.8. The number of amides is 1.